The minimum atomic E-state index is -0.389. The number of hydrogen-bond donors (Lipinski definition) is 0. The van der Waals surface area contributed by atoms with Gasteiger partial charge in [-0.15, -0.1) is 0 Å². The van der Waals surface area contributed by atoms with Crippen LogP contribution in [0.2, 0.25) is 0 Å². The first-order valence-electron chi connectivity index (χ1n) is 3.72. The molecule has 2 heterocycles. The molecule has 0 saturated carbocycles. The fraction of sp³-hybridized carbons (Fsp3) is 0.429. The fourth-order valence-corrected chi connectivity index (χ4v) is 1.01. The summed E-state index contributed by atoms with van der Waals surface area (Å²) in [7, 11) is 0. The van der Waals surface area contributed by atoms with Gasteiger partial charge in [0.05, 0.1) is 0 Å². The lowest BCUT2D eigenvalue weighted by Crippen LogP contribution is -2.12. The Kier molecular flexibility index (Phi) is 1.80. The highest BCUT2D eigenvalue weighted by molar-refractivity contribution is 6.08. The second kappa shape index (κ2) is 2.96. The smallest absolute Gasteiger partial charge is 0.334 e. The van der Waals surface area contributed by atoms with Crippen molar-refractivity contribution in [3.8, 4) is 0 Å². The van der Waals surface area contributed by atoms with Crippen molar-refractivity contribution in [2.24, 2.45) is 9.98 Å². The van der Waals surface area contributed by atoms with Crippen LogP contribution in [-0.2, 0) is 19.1 Å². The van der Waals surface area contributed by atoms with Crippen LogP contribution in [0.4, 0.5) is 0 Å². The molecule has 2 aliphatic rings. The Hall–Kier alpha value is -1.72. The molecule has 13 heavy (non-hydrogen) atoms. The second-order valence-corrected chi connectivity index (χ2v) is 2.54. The maximum absolute atomic E-state index is 10.6. The topological polar surface area (TPSA) is 77.3 Å². The third-order valence-electron chi connectivity index (χ3n) is 1.53. The van der Waals surface area contributed by atoms with Gasteiger partial charge in [-0.2, -0.15) is 0 Å². The zero-order valence-electron chi connectivity index (χ0n) is 6.65. The van der Waals surface area contributed by atoms with Crippen molar-refractivity contribution in [2.45, 2.75) is 6.42 Å². The molecule has 6 nitrogen and oxygen atoms in total. The van der Waals surface area contributed by atoms with Gasteiger partial charge >= 0.3 is 11.9 Å². The summed E-state index contributed by atoms with van der Waals surface area (Å²) in [5.74, 6) is -0.253. The highest BCUT2D eigenvalue weighted by Gasteiger charge is 2.23. The SMILES string of the molecule is O=C1CN=C(CC2=NCC(=O)O2)O1. The molecule has 0 fully saturated rings. The molecule has 0 bridgehead atoms. The standard InChI is InChI=1S/C7H6N2O4/c10-6-2-8-4(12-6)1-5-9-3-7(11)13-5/h1-3H2. The Morgan fingerprint density at radius 2 is 1.46 bits per heavy atom. The molecule has 0 N–H and O–H groups in total. The number of cyclic esters (lactones) is 2. The van der Waals surface area contributed by atoms with E-state index in [4.69, 9.17) is 9.47 Å². The Morgan fingerprint density at radius 3 is 1.77 bits per heavy atom. The molecule has 0 aromatic rings. The summed E-state index contributed by atoms with van der Waals surface area (Å²) in [5, 5.41) is 0. The Balaban J connectivity index is 1.92. The molecule has 2 rings (SSSR count). The molecule has 0 radical (unpaired) electrons. The van der Waals surface area contributed by atoms with E-state index >= 15 is 0 Å². The lowest BCUT2D eigenvalue weighted by Gasteiger charge is -1.98. The van der Waals surface area contributed by atoms with E-state index in [9.17, 15) is 9.59 Å². The average molecular weight is 182 g/mol. The van der Waals surface area contributed by atoms with Gasteiger partial charge in [-0.25, -0.2) is 19.6 Å². The van der Waals surface area contributed by atoms with Crippen molar-refractivity contribution in [1.29, 1.82) is 0 Å². The van der Waals surface area contributed by atoms with E-state index < -0.39 is 0 Å². The number of ether oxygens (including phenoxy) is 2. The van der Waals surface area contributed by atoms with Crippen LogP contribution in [0.15, 0.2) is 9.98 Å². The highest BCUT2D eigenvalue weighted by Crippen LogP contribution is 2.06. The molecule has 68 valence electrons. The molecule has 0 unspecified atom stereocenters. The zero-order chi connectivity index (χ0) is 9.26. The van der Waals surface area contributed by atoms with Crippen molar-refractivity contribution >= 4 is 23.7 Å². The minimum absolute atomic E-state index is 0.0383. The summed E-state index contributed by atoms with van der Waals surface area (Å²) in [6, 6.07) is 0. The van der Waals surface area contributed by atoms with Crippen LogP contribution in [0.25, 0.3) is 0 Å². The largest absolute Gasteiger partial charge is 0.410 e. The van der Waals surface area contributed by atoms with Gasteiger partial charge in [0.2, 0.25) is 11.8 Å². The van der Waals surface area contributed by atoms with E-state index in [1.807, 2.05) is 0 Å². The molecule has 0 atom stereocenters. The number of carbonyl (C=O) groups is 2. The molecular formula is C7H6N2O4. The van der Waals surface area contributed by atoms with E-state index in [1.54, 1.807) is 0 Å². The monoisotopic (exact) mass is 182 g/mol. The third-order valence-corrected chi connectivity index (χ3v) is 1.53. The Morgan fingerprint density at radius 1 is 1.00 bits per heavy atom. The van der Waals surface area contributed by atoms with Gasteiger partial charge in [0.1, 0.15) is 19.5 Å². The average Bonchev–Trinajstić information content (AvgIpc) is 2.62. The number of hydrogen-bond acceptors (Lipinski definition) is 6. The predicted octanol–water partition coefficient (Wildman–Crippen LogP) is -0.713. The van der Waals surface area contributed by atoms with Crippen LogP contribution in [0, 0.1) is 0 Å². The molecule has 2 aliphatic heterocycles. The first-order valence-corrected chi connectivity index (χ1v) is 3.72. The minimum Gasteiger partial charge on any atom is -0.410 e. The normalized spacial score (nSPS) is 20.9. The number of rotatable bonds is 2. The maximum Gasteiger partial charge on any atom is 0.334 e. The highest BCUT2D eigenvalue weighted by atomic mass is 16.6. The van der Waals surface area contributed by atoms with E-state index in [2.05, 4.69) is 9.98 Å². The second-order valence-electron chi connectivity index (χ2n) is 2.54. The van der Waals surface area contributed by atoms with Crippen LogP contribution in [0.5, 0.6) is 0 Å². The summed E-state index contributed by atoms with van der Waals surface area (Å²) in [6.07, 6.45) is 0.178. The molecular weight excluding hydrogens is 176 g/mol. The molecule has 0 spiro atoms. The fourth-order valence-electron chi connectivity index (χ4n) is 1.01. The van der Waals surface area contributed by atoms with Gasteiger partial charge in [-0.05, 0) is 0 Å². The van der Waals surface area contributed by atoms with Crippen molar-refractivity contribution in [3.63, 3.8) is 0 Å². The van der Waals surface area contributed by atoms with Gasteiger partial charge in [-0.3, -0.25) is 0 Å². The summed E-state index contributed by atoms with van der Waals surface area (Å²) < 4.78 is 9.39. The summed E-state index contributed by atoms with van der Waals surface area (Å²) in [4.78, 5) is 28.8. The molecule has 6 heteroatoms. The summed E-state index contributed by atoms with van der Waals surface area (Å²) >= 11 is 0. The van der Waals surface area contributed by atoms with Gasteiger partial charge in [-0.1, -0.05) is 0 Å². The Labute approximate surface area is 73.3 Å². The first-order chi connectivity index (χ1) is 6.24. The number of nitrogens with zero attached hydrogens (tertiary/aromatic N) is 2. The van der Waals surface area contributed by atoms with E-state index in [0.29, 0.717) is 0 Å². The third kappa shape index (κ3) is 1.71. The lowest BCUT2D eigenvalue weighted by atomic mass is 10.4. The van der Waals surface area contributed by atoms with Crippen LogP contribution < -0.4 is 0 Å². The van der Waals surface area contributed by atoms with Gasteiger partial charge in [0, 0.05) is 0 Å². The lowest BCUT2D eigenvalue weighted by molar-refractivity contribution is -0.132. The first kappa shape index (κ1) is 7.90. The van der Waals surface area contributed by atoms with Crippen LogP contribution >= 0.6 is 0 Å². The van der Waals surface area contributed by atoms with Crippen molar-refractivity contribution < 1.29 is 19.1 Å². The maximum atomic E-state index is 10.6. The molecule has 0 aromatic carbocycles. The van der Waals surface area contributed by atoms with Crippen molar-refractivity contribution in [2.75, 3.05) is 13.1 Å². The van der Waals surface area contributed by atoms with Crippen molar-refractivity contribution in [3.05, 3.63) is 0 Å². The van der Waals surface area contributed by atoms with Gasteiger partial charge in [0.15, 0.2) is 0 Å². The number of carbonyl (C=O) groups excluding carboxylic acids is 2. The van der Waals surface area contributed by atoms with Crippen LogP contribution in [0.3, 0.4) is 0 Å². The predicted molar refractivity (Wildman–Crippen MR) is 41.4 cm³/mol. The van der Waals surface area contributed by atoms with Crippen molar-refractivity contribution in [1.82, 2.24) is 0 Å². The van der Waals surface area contributed by atoms with Gasteiger partial charge < -0.3 is 9.47 Å². The van der Waals surface area contributed by atoms with Crippen LogP contribution in [0.1, 0.15) is 6.42 Å². The molecule has 0 saturated heterocycles. The summed E-state index contributed by atoms with van der Waals surface area (Å²) in [5.41, 5.74) is 0. The quantitative estimate of drug-likeness (QED) is 0.528. The Bertz CT molecular complexity index is 299. The number of esters is 2. The van der Waals surface area contributed by atoms with E-state index in [-0.39, 0.29) is 43.2 Å². The van der Waals surface area contributed by atoms with Gasteiger partial charge in [0.25, 0.3) is 0 Å². The zero-order valence-corrected chi connectivity index (χ0v) is 6.65. The van der Waals surface area contributed by atoms with E-state index in [0.717, 1.165) is 0 Å². The summed E-state index contributed by atoms with van der Waals surface area (Å²) in [6.45, 7) is 0.0765. The molecule has 0 aliphatic carbocycles. The van der Waals surface area contributed by atoms with Crippen LogP contribution in [-0.4, -0.2) is 36.8 Å². The molecule has 0 aromatic heterocycles. The van der Waals surface area contributed by atoms with E-state index in [1.165, 1.54) is 0 Å². The number of aliphatic imine (C=N–C) groups is 2. The molecule has 0 amide bonds.